The summed E-state index contributed by atoms with van der Waals surface area (Å²) in [5.74, 6) is 0. The second-order valence-corrected chi connectivity index (χ2v) is 11.6. The van der Waals surface area contributed by atoms with Crippen molar-refractivity contribution >= 4 is 17.8 Å². The van der Waals surface area contributed by atoms with Gasteiger partial charge in [-0.25, -0.2) is 0 Å². The van der Waals surface area contributed by atoms with Crippen LogP contribution in [-0.4, -0.2) is 35.4 Å². The van der Waals surface area contributed by atoms with Gasteiger partial charge in [0.05, 0.1) is 0 Å². The van der Waals surface area contributed by atoms with E-state index in [1.54, 1.807) is 5.67 Å². The Morgan fingerprint density at radius 2 is 1.38 bits per heavy atom. The molecule has 0 spiro atoms. The molecule has 0 aliphatic rings. The molecular formula is C10H27NSi2. The summed E-state index contributed by atoms with van der Waals surface area (Å²) >= 11 is 0. The highest BCUT2D eigenvalue weighted by Gasteiger charge is 2.14. The average molecular weight is 218 g/mol. The van der Waals surface area contributed by atoms with Crippen molar-refractivity contribution in [2.75, 3.05) is 13.1 Å². The molecule has 0 aromatic carbocycles. The van der Waals surface area contributed by atoms with Gasteiger partial charge in [-0.2, -0.15) is 0 Å². The predicted molar refractivity (Wildman–Crippen MR) is 68.9 cm³/mol. The quantitative estimate of drug-likeness (QED) is 0.592. The lowest BCUT2D eigenvalue weighted by Crippen LogP contribution is -2.40. The zero-order chi connectivity index (χ0) is 10.3. The van der Waals surface area contributed by atoms with E-state index in [-0.39, 0.29) is 8.80 Å². The molecule has 0 saturated heterocycles. The lowest BCUT2D eigenvalue weighted by molar-refractivity contribution is 0.431. The van der Waals surface area contributed by atoms with Gasteiger partial charge in [0.15, 0.2) is 0 Å². The van der Waals surface area contributed by atoms with Gasteiger partial charge in [0, 0.05) is 8.80 Å². The molecule has 0 bridgehead atoms. The SMILES string of the molecule is CCCN(CCC)[SiH](C)C[SiH](C)C. The fraction of sp³-hybridized carbons (Fsp3) is 1.00. The molecule has 13 heavy (non-hydrogen) atoms. The Kier molecular flexibility index (Phi) is 8.00. The van der Waals surface area contributed by atoms with E-state index >= 15 is 0 Å². The molecular weight excluding hydrogens is 190 g/mol. The van der Waals surface area contributed by atoms with Gasteiger partial charge in [-0.15, -0.1) is 0 Å². The Hall–Kier alpha value is 0.394. The van der Waals surface area contributed by atoms with Crippen molar-refractivity contribution in [1.29, 1.82) is 0 Å². The fourth-order valence-corrected chi connectivity index (χ4v) is 10.0. The lowest BCUT2D eigenvalue weighted by Gasteiger charge is -2.28. The molecule has 0 aromatic heterocycles. The molecule has 0 aromatic rings. The number of hydrogen-bond acceptors (Lipinski definition) is 1. The molecule has 0 heterocycles. The summed E-state index contributed by atoms with van der Waals surface area (Å²) in [7, 11) is -0.830. The van der Waals surface area contributed by atoms with Crippen molar-refractivity contribution in [3.8, 4) is 0 Å². The van der Waals surface area contributed by atoms with E-state index in [9.17, 15) is 0 Å². The molecule has 0 aliphatic heterocycles. The summed E-state index contributed by atoms with van der Waals surface area (Å²) in [5.41, 5.74) is 1.61. The van der Waals surface area contributed by atoms with Crippen LogP contribution in [0.3, 0.4) is 0 Å². The monoisotopic (exact) mass is 217 g/mol. The molecule has 0 fully saturated rings. The Morgan fingerprint density at radius 1 is 0.923 bits per heavy atom. The van der Waals surface area contributed by atoms with Crippen molar-refractivity contribution < 1.29 is 0 Å². The summed E-state index contributed by atoms with van der Waals surface area (Å²) in [6.45, 7) is 14.8. The normalized spacial score (nSPS) is 14.1. The first-order chi connectivity index (χ1) is 6.11. The van der Waals surface area contributed by atoms with Crippen molar-refractivity contribution in [2.24, 2.45) is 0 Å². The topological polar surface area (TPSA) is 3.24 Å². The zero-order valence-electron chi connectivity index (χ0n) is 10.1. The third-order valence-electron chi connectivity index (χ3n) is 2.46. The molecule has 0 aliphatic carbocycles. The van der Waals surface area contributed by atoms with Crippen molar-refractivity contribution in [3.63, 3.8) is 0 Å². The third-order valence-corrected chi connectivity index (χ3v) is 10.7. The van der Waals surface area contributed by atoms with E-state index in [4.69, 9.17) is 0 Å². The Bertz CT molecular complexity index is 111. The Labute approximate surface area is 87.8 Å². The summed E-state index contributed by atoms with van der Waals surface area (Å²) in [4.78, 5) is 0. The Balaban J connectivity index is 3.86. The fourth-order valence-electron chi connectivity index (χ4n) is 1.96. The average Bonchev–Trinajstić information content (AvgIpc) is 2.02. The maximum atomic E-state index is 2.80. The molecule has 3 heteroatoms. The highest BCUT2D eigenvalue weighted by Crippen LogP contribution is 2.05. The van der Waals surface area contributed by atoms with Crippen LogP contribution >= 0.6 is 0 Å². The van der Waals surface area contributed by atoms with E-state index in [0.717, 1.165) is 0 Å². The van der Waals surface area contributed by atoms with Crippen molar-refractivity contribution in [2.45, 2.75) is 52.0 Å². The largest absolute Gasteiger partial charge is 0.327 e. The van der Waals surface area contributed by atoms with Crippen LogP contribution in [0.5, 0.6) is 0 Å². The maximum Gasteiger partial charge on any atom is 0.106 e. The van der Waals surface area contributed by atoms with Crippen LogP contribution in [0, 0.1) is 0 Å². The van der Waals surface area contributed by atoms with E-state index < -0.39 is 8.96 Å². The molecule has 0 amide bonds. The highest BCUT2D eigenvalue weighted by molar-refractivity contribution is 6.74. The third kappa shape index (κ3) is 6.46. The van der Waals surface area contributed by atoms with Gasteiger partial charge in [0.2, 0.25) is 0 Å². The predicted octanol–water partition coefficient (Wildman–Crippen LogP) is 2.49. The summed E-state index contributed by atoms with van der Waals surface area (Å²) in [6, 6.07) is 0. The zero-order valence-corrected chi connectivity index (χ0v) is 12.4. The van der Waals surface area contributed by atoms with Crippen LogP contribution < -0.4 is 0 Å². The summed E-state index contributed by atoms with van der Waals surface area (Å²) in [6.07, 6.45) is 2.66. The minimum absolute atomic E-state index is 0.314. The standard InChI is InChI=1S/C10H27NSi2/c1-6-8-11(9-7-2)13(5)10-12(3)4/h12-13H,6-10H2,1-5H3. The molecule has 1 nitrogen and oxygen atoms in total. The van der Waals surface area contributed by atoms with Gasteiger partial charge in [-0.3, -0.25) is 0 Å². The van der Waals surface area contributed by atoms with Crippen molar-refractivity contribution in [3.05, 3.63) is 0 Å². The van der Waals surface area contributed by atoms with Crippen LogP contribution in [0.25, 0.3) is 0 Å². The molecule has 0 radical (unpaired) electrons. The molecule has 0 saturated carbocycles. The van der Waals surface area contributed by atoms with Gasteiger partial charge in [0.1, 0.15) is 8.96 Å². The van der Waals surface area contributed by atoms with Crippen LogP contribution in [0.2, 0.25) is 25.3 Å². The molecule has 0 rings (SSSR count). The molecule has 0 N–H and O–H groups in total. The summed E-state index contributed by atoms with van der Waals surface area (Å²) in [5, 5.41) is 0. The second-order valence-electron chi connectivity index (χ2n) is 4.51. The Morgan fingerprint density at radius 3 is 1.69 bits per heavy atom. The van der Waals surface area contributed by atoms with Gasteiger partial charge in [-0.05, 0) is 25.9 Å². The minimum Gasteiger partial charge on any atom is -0.327 e. The highest BCUT2D eigenvalue weighted by atomic mass is 28.3. The van der Waals surface area contributed by atoms with Crippen LogP contribution in [-0.2, 0) is 0 Å². The van der Waals surface area contributed by atoms with E-state index in [2.05, 4.69) is 38.1 Å². The van der Waals surface area contributed by atoms with Gasteiger partial charge >= 0.3 is 0 Å². The summed E-state index contributed by atoms with van der Waals surface area (Å²) < 4.78 is 2.80. The van der Waals surface area contributed by atoms with Crippen LogP contribution in [0.4, 0.5) is 0 Å². The minimum atomic E-state index is -0.515. The first kappa shape index (κ1) is 13.4. The van der Waals surface area contributed by atoms with E-state index in [0.29, 0.717) is 0 Å². The van der Waals surface area contributed by atoms with Crippen molar-refractivity contribution in [1.82, 2.24) is 4.57 Å². The molecule has 1 unspecified atom stereocenters. The lowest BCUT2D eigenvalue weighted by atomic mass is 10.4. The second kappa shape index (κ2) is 7.77. The van der Waals surface area contributed by atoms with Gasteiger partial charge in [-0.1, -0.05) is 39.2 Å². The number of hydrogen-bond donors (Lipinski definition) is 0. The van der Waals surface area contributed by atoms with Gasteiger partial charge < -0.3 is 4.57 Å². The first-order valence-corrected chi connectivity index (χ1v) is 11.5. The van der Waals surface area contributed by atoms with Gasteiger partial charge in [0.25, 0.3) is 0 Å². The van der Waals surface area contributed by atoms with Crippen LogP contribution in [0.15, 0.2) is 0 Å². The first-order valence-electron chi connectivity index (χ1n) is 5.85. The van der Waals surface area contributed by atoms with E-state index in [1.807, 2.05) is 0 Å². The van der Waals surface area contributed by atoms with E-state index in [1.165, 1.54) is 25.9 Å². The molecule has 80 valence electrons. The number of rotatable bonds is 7. The maximum absolute atomic E-state index is 2.80. The molecule has 1 atom stereocenters. The number of nitrogens with zero attached hydrogens (tertiary/aromatic N) is 1. The smallest absolute Gasteiger partial charge is 0.106 e. The van der Waals surface area contributed by atoms with Crippen LogP contribution in [0.1, 0.15) is 26.7 Å².